The zero-order valence-corrected chi connectivity index (χ0v) is 75.3. The Morgan fingerprint density at radius 3 is 0.721 bits per heavy atom. The molecule has 0 aliphatic carbocycles. The molecule has 0 saturated carbocycles. The van der Waals surface area contributed by atoms with Crippen molar-refractivity contribution < 1.29 is 8.83 Å². The fourth-order valence-corrected chi connectivity index (χ4v) is 20.6. The van der Waals surface area contributed by atoms with E-state index in [1.807, 2.05) is 176 Å². The van der Waals surface area contributed by atoms with Crippen molar-refractivity contribution in [1.29, 1.82) is 0 Å². The van der Waals surface area contributed by atoms with Gasteiger partial charge in [-0.05, 0) is 207 Å². The molecule has 0 aliphatic heterocycles. The SMILES string of the molecule is c1ccc(-c2nc(-c3ccc4c(c3)oc3ccccc34)nc(-c3ccc4ccc5c(ccc6c7ccccc7ccc65)c4c3)n2)cc1.c1ccc(-c2nc(-c3ccc4ccc5c(ccc6c7ccccc7ccc65)c4c3)nc(-c3ccc4oc5ccccc5c4c3)n2)cc1.c1ccc(-c2nc(-c3ccccc3)nc(-c3cccc(-c4ccc5c(ccc6c5ccc5c7ccccc7ccc56)c4)c3)n2)cc1. The second-order valence-electron chi connectivity index (χ2n) is 35.7. The number of furan rings is 2. The summed E-state index contributed by atoms with van der Waals surface area (Å²) in [4.78, 5) is 44.9. The Morgan fingerprint density at radius 2 is 0.314 bits per heavy atom. The van der Waals surface area contributed by atoms with Gasteiger partial charge in [-0.15, -0.1) is 0 Å². The summed E-state index contributed by atoms with van der Waals surface area (Å²) in [5.41, 5.74) is 14.1. The van der Waals surface area contributed by atoms with Gasteiger partial charge in [0.05, 0.1) is 0 Å². The number of nitrogens with zero attached hydrogens (tertiary/aromatic N) is 9. The van der Waals surface area contributed by atoms with E-state index in [9.17, 15) is 0 Å². The molecule has 0 bridgehead atoms. The maximum atomic E-state index is 6.22. The summed E-state index contributed by atoms with van der Waals surface area (Å²) >= 11 is 0. The fourth-order valence-electron chi connectivity index (χ4n) is 20.6. The van der Waals surface area contributed by atoms with Crippen LogP contribution in [0.5, 0.6) is 0 Å². The van der Waals surface area contributed by atoms with Gasteiger partial charge in [-0.2, -0.15) is 0 Å². The minimum absolute atomic E-state index is 0.604. The van der Waals surface area contributed by atoms with Gasteiger partial charge in [0.1, 0.15) is 22.3 Å². The first-order valence-electron chi connectivity index (χ1n) is 47.1. The van der Waals surface area contributed by atoms with Crippen LogP contribution in [0.3, 0.4) is 0 Å². The molecule has 5 heterocycles. The quantitative estimate of drug-likeness (QED) is 0.121. The molecule has 29 rings (SSSR count). The summed E-state index contributed by atoms with van der Waals surface area (Å²) in [6.07, 6.45) is 0. The van der Waals surface area contributed by atoms with Crippen molar-refractivity contribution in [2.75, 3.05) is 0 Å². The van der Waals surface area contributed by atoms with Gasteiger partial charge in [-0.1, -0.05) is 400 Å². The van der Waals surface area contributed by atoms with E-state index >= 15 is 0 Å². The molecule has 11 nitrogen and oxygen atoms in total. The van der Waals surface area contributed by atoms with Crippen LogP contribution in [0, 0.1) is 0 Å². The van der Waals surface area contributed by atoms with E-state index < -0.39 is 0 Å². The average Bonchev–Trinajstić information content (AvgIpc) is 0.958. The number of aromatic nitrogens is 9. The second-order valence-corrected chi connectivity index (χ2v) is 35.7. The largest absolute Gasteiger partial charge is 0.456 e. The van der Waals surface area contributed by atoms with Crippen LogP contribution in [0.2, 0.25) is 0 Å². The van der Waals surface area contributed by atoms with E-state index in [0.717, 1.165) is 105 Å². The molecule has 0 saturated heterocycles. The van der Waals surface area contributed by atoms with Crippen LogP contribution in [-0.2, 0) is 0 Å². The highest BCUT2D eigenvalue weighted by atomic mass is 16.3. The minimum Gasteiger partial charge on any atom is -0.456 e. The maximum absolute atomic E-state index is 6.22. The highest BCUT2D eigenvalue weighted by Crippen LogP contribution is 2.44. The molecule has 0 radical (unpaired) electrons. The molecule has 5 aromatic heterocycles. The number of rotatable bonds is 10. The third-order valence-corrected chi connectivity index (χ3v) is 27.5. The van der Waals surface area contributed by atoms with Crippen molar-refractivity contribution in [3.63, 3.8) is 0 Å². The van der Waals surface area contributed by atoms with Crippen LogP contribution in [0.1, 0.15) is 0 Å². The number of benzene rings is 24. The summed E-state index contributed by atoms with van der Waals surface area (Å²) in [5, 5.41) is 34.1. The van der Waals surface area contributed by atoms with Crippen molar-refractivity contribution in [3.8, 4) is 114 Å². The molecule has 650 valence electrons. The lowest BCUT2D eigenvalue weighted by atomic mass is 9.93. The molecular weight excluding hydrogens is 1710 g/mol. The number of hydrogen-bond donors (Lipinski definition) is 0. The van der Waals surface area contributed by atoms with E-state index in [4.69, 9.17) is 53.7 Å². The summed E-state index contributed by atoms with van der Waals surface area (Å²) in [5.74, 6) is 5.73. The number of hydrogen-bond acceptors (Lipinski definition) is 11. The Bertz CT molecular complexity index is 10000. The van der Waals surface area contributed by atoms with E-state index in [1.54, 1.807) is 0 Å². The Kier molecular flexibility index (Phi) is 19.3. The van der Waals surface area contributed by atoms with Crippen molar-refractivity contribution in [1.82, 2.24) is 44.9 Å². The van der Waals surface area contributed by atoms with Gasteiger partial charge in [0, 0.05) is 71.6 Å². The number of fused-ring (bicyclic) bond motifs is 27. The molecule has 0 atom stereocenters. The average molecular weight is 1790 g/mol. The Labute approximate surface area is 802 Å². The van der Waals surface area contributed by atoms with Gasteiger partial charge in [-0.3, -0.25) is 0 Å². The van der Waals surface area contributed by atoms with Gasteiger partial charge in [0.15, 0.2) is 52.4 Å². The van der Waals surface area contributed by atoms with E-state index in [0.29, 0.717) is 52.4 Å². The lowest BCUT2D eigenvalue weighted by molar-refractivity contribution is 0.668. The fraction of sp³-hybridized carbons (Fsp3) is 0. The summed E-state index contributed by atoms with van der Waals surface area (Å²) in [6, 6.07) is 164. The van der Waals surface area contributed by atoms with Crippen LogP contribution < -0.4 is 0 Å². The summed E-state index contributed by atoms with van der Waals surface area (Å²) in [7, 11) is 0. The molecule has 11 heteroatoms. The zero-order chi connectivity index (χ0) is 92.2. The first-order chi connectivity index (χ1) is 69.3. The molecule has 0 unspecified atom stereocenters. The standard InChI is InChI=1S/2C43H25N3O.C43H27N3/c1-2-9-28(10-3-1)41-44-42(46-43(45-41)30-18-23-40-38(25-30)36-12-6-7-13-39(36)47-40)29-15-14-27-17-20-34-33-19-16-26-8-4-5-11-31(26)32(33)21-22-35(34)37(27)24-29;1-2-9-28(10-3-1)41-44-42(46-43(45-41)30-18-21-37-36-12-6-7-13-39(36)47-40(37)25-30)29-15-14-27-17-20-34-33-19-16-26-8-4-5-11-31(26)32(33)22-23-35(34)38(27)24-29;1-3-11-29(12-4-1)41-44-42(30-13-5-2-6-14-30)46-43(45-41)34-16-9-15-31(27-34)32-19-21-36-33(26-32)20-23-40-38(36)25-24-37-35-17-8-7-10-28(35)18-22-39(37)40/h2*1-25H;1-27H. The molecule has 0 amide bonds. The maximum Gasteiger partial charge on any atom is 0.164 e. The lowest BCUT2D eigenvalue weighted by Gasteiger charge is -2.12. The topological polar surface area (TPSA) is 142 Å². The summed E-state index contributed by atoms with van der Waals surface area (Å²) in [6.45, 7) is 0. The molecule has 29 aromatic rings. The van der Waals surface area contributed by atoms with Crippen LogP contribution in [0.25, 0.3) is 287 Å². The van der Waals surface area contributed by atoms with Gasteiger partial charge < -0.3 is 8.83 Å². The Morgan fingerprint density at radius 1 is 0.100 bits per heavy atom. The molecule has 24 aromatic carbocycles. The van der Waals surface area contributed by atoms with E-state index in [2.05, 4.69) is 291 Å². The van der Waals surface area contributed by atoms with Gasteiger partial charge >= 0.3 is 0 Å². The Hall–Kier alpha value is -19.0. The molecular formula is C129H77N9O2. The van der Waals surface area contributed by atoms with Crippen LogP contribution in [-0.4, -0.2) is 44.9 Å². The van der Waals surface area contributed by atoms with Crippen LogP contribution >= 0.6 is 0 Å². The van der Waals surface area contributed by atoms with Crippen molar-refractivity contribution in [2.24, 2.45) is 0 Å². The smallest absolute Gasteiger partial charge is 0.164 e. The van der Waals surface area contributed by atoms with Crippen molar-refractivity contribution in [3.05, 3.63) is 467 Å². The van der Waals surface area contributed by atoms with E-state index in [-0.39, 0.29) is 0 Å². The first-order valence-corrected chi connectivity index (χ1v) is 47.1. The first kappa shape index (κ1) is 80.7. The van der Waals surface area contributed by atoms with E-state index in [1.165, 1.54) is 129 Å². The normalized spacial score (nSPS) is 11.7. The van der Waals surface area contributed by atoms with Gasteiger partial charge in [0.2, 0.25) is 0 Å². The van der Waals surface area contributed by atoms with Crippen molar-refractivity contribution >= 4 is 173 Å². The summed E-state index contributed by atoms with van der Waals surface area (Å²) < 4.78 is 12.3. The predicted molar refractivity (Wildman–Crippen MR) is 578 cm³/mol. The highest BCUT2D eigenvalue weighted by Gasteiger charge is 2.22. The Balaban J connectivity index is 0.000000105. The molecule has 140 heavy (non-hydrogen) atoms. The zero-order valence-electron chi connectivity index (χ0n) is 75.3. The number of para-hydroxylation sites is 2. The van der Waals surface area contributed by atoms with Crippen LogP contribution in [0.4, 0.5) is 0 Å². The third-order valence-electron chi connectivity index (χ3n) is 27.5. The third kappa shape index (κ3) is 14.3. The van der Waals surface area contributed by atoms with Gasteiger partial charge in [0.25, 0.3) is 0 Å². The highest BCUT2D eigenvalue weighted by molar-refractivity contribution is 6.26. The minimum atomic E-state index is 0.604. The second kappa shape index (κ2) is 33.6. The molecule has 0 aliphatic rings. The molecule has 0 spiro atoms. The monoisotopic (exact) mass is 1780 g/mol. The molecule has 0 fully saturated rings. The van der Waals surface area contributed by atoms with Gasteiger partial charge in [-0.25, -0.2) is 44.9 Å². The van der Waals surface area contributed by atoms with Crippen LogP contribution in [0.15, 0.2) is 476 Å². The lowest BCUT2D eigenvalue weighted by Crippen LogP contribution is -2.00. The van der Waals surface area contributed by atoms with Crippen molar-refractivity contribution in [2.45, 2.75) is 0 Å². The molecule has 0 N–H and O–H groups in total. The predicted octanol–water partition coefficient (Wildman–Crippen LogP) is 33.9.